The summed E-state index contributed by atoms with van der Waals surface area (Å²) in [5, 5.41) is 0. The maximum Gasteiger partial charge on any atom is 0.389 e. The minimum Gasteiger partial charge on any atom is -0.315 e. The average molecular weight is 331 g/mol. The highest BCUT2D eigenvalue weighted by atomic mass is 127. The van der Waals surface area contributed by atoms with Crippen molar-refractivity contribution in [2.45, 2.75) is 25.6 Å². The summed E-state index contributed by atoms with van der Waals surface area (Å²) >= 11 is 1.86. The molecule has 1 heterocycles. The summed E-state index contributed by atoms with van der Waals surface area (Å²) in [4.78, 5) is 11.4. The highest BCUT2D eigenvalue weighted by molar-refractivity contribution is 14.1. The molecule has 0 aliphatic rings. The molecule has 0 saturated heterocycles. The van der Waals surface area contributed by atoms with E-state index in [1.165, 1.54) is 10.8 Å². The summed E-state index contributed by atoms with van der Waals surface area (Å²) in [7, 11) is 0. The van der Waals surface area contributed by atoms with Crippen LogP contribution in [0.15, 0.2) is 23.1 Å². The number of aromatic nitrogens is 1. The Hall–Kier alpha value is -0.530. The number of aryl methyl sites for hydroxylation is 1. The number of hydrogen-bond acceptors (Lipinski definition) is 1. The first kappa shape index (κ1) is 12.5. The Morgan fingerprint density at radius 3 is 2.67 bits per heavy atom. The van der Waals surface area contributed by atoms with Gasteiger partial charge in [-0.25, -0.2) is 0 Å². The number of hydrogen-bond donors (Lipinski definition) is 0. The quantitative estimate of drug-likeness (QED) is 0.781. The molecule has 0 spiro atoms. The summed E-state index contributed by atoms with van der Waals surface area (Å²) in [6, 6.07) is 3.28. The molecular formula is C9H9F3INO. The van der Waals surface area contributed by atoms with Crippen LogP contribution in [0.4, 0.5) is 13.2 Å². The van der Waals surface area contributed by atoms with Crippen molar-refractivity contribution < 1.29 is 13.2 Å². The summed E-state index contributed by atoms with van der Waals surface area (Å²) in [5.41, 5.74) is -0.236. The fourth-order valence-electron chi connectivity index (χ4n) is 1.13. The van der Waals surface area contributed by atoms with Gasteiger partial charge in [0.15, 0.2) is 0 Å². The van der Waals surface area contributed by atoms with E-state index >= 15 is 0 Å². The third kappa shape index (κ3) is 4.23. The van der Waals surface area contributed by atoms with Gasteiger partial charge in [-0.05, 0) is 41.1 Å². The molecule has 0 unspecified atom stereocenters. The van der Waals surface area contributed by atoms with Gasteiger partial charge in [0.25, 0.3) is 5.56 Å². The predicted octanol–water partition coefficient (Wildman–Crippen LogP) is 2.80. The van der Waals surface area contributed by atoms with Crippen molar-refractivity contribution in [3.8, 4) is 0 Å². The lowest BCUT2D eigenvalue weighted by Gasteiger charge is -2.07. The average Bonchev–Trinajstić information content (AvgIpc) is 2.10. The van der Waals surface area contributed by atoms with Crippen molar-refractivity contribution in [3.05, 3.63) is 32.3 Å². The SMILES string of the molecule is O=c1c(I)cccn1CCCC(F)(F)F. The Kier molecular flexibility index (Phi) is 4.18. The molecule has 0 atom stereocenters. The molecule has 0 saturated carbocycles. The molecular weight excluding hydrogens is 322 g/mol. The summed E-state index contributed by atoms with van der Waals surface area (Å²) in [6.45, 7) is 0.106. The Bertz CT molecular complexity index is 386. The molecule has 1 aromatic heterocycles. The van der Waals surface area contributed by atoms with Gasteiger partial charge in [0.05, 0.1) is 3.57 Å². The van der Waals surface area contributed by atoms with Gasteiger partial charge in [-0.3, -0.25) is 4.79 Å². The van der Waals surface area contributed by atoms with Crippen molar-refractivity contribution >= 4 is 22.6 Å². The summed E-state index contributed by atoms with van der Waals surface area (Å²) in [6.07, 6.45) is -3.57. The maximum atomic E-state index is 11.8. The van der Waals surface area contributed by atoms with Crippen LogP contribution in [-0.2, 0) is 6.54 Å². The third-order valence-electron chi connectivity index (χ3n) is 1.83. The topological polar surface area (TPSA) is 22.0 Å². The van der Waals surface area contributed by atoms with Gasteiger partial charge in [0, 0.05) is 19.2 Å². The van der Waals surface area contributed by atoms with Crippen molar-refractivity contribution in [1.29, 1.82) is 0 Å². The predicted molar refractivity (Wildman–Crippen MR) is 58.7 cm³/mol. The van der Waals surface area contributed by atoms with E-state index in [-0.39, 0.29) is 18.5 Å². The number of halogens is 4. The lowest BCUT2D eigenvalue weighted by atomic mass is 10.3. The van der Waals surface area contributed by atoms with Gasteiger partial charge in [-0.15, -0.1) is 0 Å². The monoisotopic (exact) mass is 331 g/mol. The van der Waals surface area contributed by atoms with Crippen molar-refractivity contribution in [2.24, 2.45) is 0 Å². The zero-order chi connectivity index (χ0) is 11.5. The smallest absolute Gasteiger partial charge is 0.315 e. The van der Waals surface area contributed by atoms with Gasteiger partial charge in [0.2, 0.25) is 0 Å². The van der Waals surface area contributed by atoms with Gasteiger partial charge in [-0.1, -0.05) is 0 Å². The second kappa shape index (κ2) is 5.00. The van der Waals surface area contributed by atoms with E-state index in [1.807, 2.05) is 22.6 Å². The number of nitrogens with zero attached hydrogens (tertiary/aromatic N) is 1. The largest absolute Gasteiger partial charge is 0.389 e. The molecule has 84 valence electrons. The van der Waals surface area contributed by atoms with Gasteiger partial charge in [0.1, 0.15) is 0 Å². The minimum absolute atomic E-state index is 0.0660. The van der Waals surface area contributed by atoms with E-state index in [1.54, 1.807) is 12.1 Å². The summed E-state index contributed by atoms with van der Waals surface area (Å²) < 4.78 is 37.4. The molecule has 2 nitrogen and oxygen atoms in total. The molecule has 6 heteroatoms. The van der Waals surface area contributed by atoms with Gasteiger partial charge in [-0.2, -0.15) is 13.2 Å². The Labute approximate surface area is 98.2 Å². The van der Waals surface area contributed by atoms with Crippen LogP contribution in [0.5, 0.6) is 0 Å². The highest BCUT2D eigenvalue weighted by Gasteiger charge is 2.26. The van der Waals surface area contributed by atoms with Crippen LogP contribution in [0.25, 0.3) is 0 Å². The highest BCUT2D eigenvalue weighted by Crippen LogP contribution is 2.21. The number of pyridine rings is 1. The fraction of sp³-hybridized carbons (Fsp3) is 0.444. The first-order chi connectivity index (χ1) is 6.90. The minimum atomic E-state index is -4.15. The van der Waals surface area contributed by atoms with Crippen LogP contribution >= 0.6 is 22.6 Å². The Morgan fingerprint density at radius 2 is 2.07 bits per heavy atom. The first-order valence-electron chi connectivity index (χ1n) is 4.32. The van der Waals surface area contributed by atoms with Crippen LogP contribution < -0.4 is 5.56 Å². The number of rotatable bonds is 3. The van der Waals surface area contributed by atoms with Crippen LogP contribution in [0.3, 0.4) is 0 Å². The van der Waals surface area contributed by atoms with E-state index in [2.05, 4.69) is 0 Å². The molecule has 0 aromatic carbocycles. The van der Waals surface area contributed by atoms with Crippen molar-refractivity contribution in [2.75, 3.05) is 0 Å². The molecule has 0 amide bonds. The molecule has 1 aromatic rings. The van der Waals surface area contributed by atoms with Crippen molar-refractivity contribution in [3.63, 3.8) is 0 Å². The molecule has 0 bridgehead atoms. The second-order valence-corrected chi connectivity index (χ2v) is 4.24. The molecule has 0 aliphatic carbocycles. The van der Waals surface area contributed by atoms with Crippen LogP contribution in [0.2, 0.25) is 0 Å². The molecule has 1 rings (SSSR count). The van der Waals surface area contributed by atoms with E-state index in [9.17, 15) is 18.0 Å². The van der Waals surface area contributed by atoms with Crippen molar-refractivity contribution in [1.82, 2.24) is 4.57 Å². The maximum absolute atomic E-state index is 11.8. The first-order valence-corrected chi connectivity index (χ1v) is 5.40. The Balaban J connectivity index is 2.59. The van der Waals surface area contributed by atoms with E-state index in [0.717, 1.165) is 0 Å². The van der Waals surface area contributed by atoms with Crippen LogP contribution in [0.1, 0.15) is 12.8 Å². The zero-order valence-corrected chi connectivity index (χ0v) is 9.88. The van der Waals surface area contributed by atoms with Crippen LogP contribution in [0, 0.1) is 3.57 Å². The molecule has 0 aliphatic heterocycles. The van der Waals surface area contributed by atoms with Gasteiger partial charge >= 0.3 is 6.18 Å². The van der Waals surface area contributed by atoms with E-state index in [0.29, 0.717) is 3.57 Å². The Morgan fingerprint density at radius 1 is 1.40 bits per heavy atom. The number of alkyl halides is 3. The molecule has 0 fully saturated rings. The molecule has 0 radical (unpaired) electrons. The van der Waals surface area contributed by atoms with Gasteiger partial charge < -0.3 is 4.57 Å². The van der Waals surface area contributed by atoms with Crippen LogP contribution in [-0.4, -0.2) is 10.7 Å². The zero-order valence-electron chi connectivity index (χ0n) is 7.72. The molecule has 15 heavy (non-hydrogen) atoms. The fourth-order valence-corrected chi connectivity index (χ4v) is 1.65. The van der Waals surface area contributed by atoms with E-state index < -0.39 is 12.6 Å². The lowest BCUT2D eigenvalue weighted by molar-refractivity contribution is -0.135. The van der Waals surface area contributed by atoms with E-state index in [4.69, 9.17) is 0 Å². The standard InChI is InChI=1S/C9H9F3INO/c10-9(11,12)4-2-6-14-5-1-3-7(13)8(14)15/h1,3,5H,2,4,6H2. The normalized spacial score (nSPS) is 11.7. The summed E-state index contributed by atoms with van der Waals surface area (Å²) in [5.74, 6) is 0. The lowest BCUT2D eigenvalue weighted by Crippen LogP contribution is -2.22. The molecule has 0 N–H and O–H groups in total. The second-order valence-electron chi connectivity index (χ2n) is 3.07. The third-order valence-corrected chi connectivity index (χ3v) is 2.65.